The SMILES string of the molecule is CCOC(=O)C1=NN[C@H]2C(=O)N(CC)C(=O)[C@H]12. The third kappa shape index (κ3) is 1.58. The van der Waals surface area contributed by atoms with Crippen molar-refractivity contribution in [3.8, 4) is 0 Å². The Balaban J connectivity index is 2.23. The Labute approximate surface area is 97.8 Å². The highest BCUT2D eigenvalue weighted by Crippen LogP contribution is 2.26. The minimum Gasteiger partial charge on any atom is -0.461 e. The van der Waals surface area contributed by atoms with Gasteiger partial charge in [-0.25, -0.2) is 4.79 Å². The summed E-state index contributed by atoms with van der Waals surface area (Å²) in [6.45, 7) is 3.87. The topological polar surface area (TPSA) is 88.1 Å². The molecule has 2 aliphatic rings. The van der Waals surface area contributed by atoms with E-state index in [1.54, 1.807) is 13.8 Å². The molecule has 0 saturated carbocycles. The van der Waals surface area contributed by atoms with E-state index in [-0.39, 0.29) is 24.1 Å². The van der Waals surface area contributed by atoms with Gasteiger partial charge in [-0.3, -0.25) is 19.9 Å². The summed E-state index contributed by atoms with van der Waals surface area (Å²) in [5.74, 6) is -2.21. The van der Waals surface area contributed by atoms with Gasteiger partial charge in [0.2, 0.25) is 5.91 Å². The molecule has 2 atom stereocenters. The maximum Gasteiger partial charge on any atom is 0.355 e. The molecule has 1 fully saturated rings. The fourth-order valence-corrected chi connectivity index (χ4v) is 2.03. The predicted molar refractivity (Wildman–Crippen MR) is 56.9 cm³/mol. The van der Waals surface area contributed by atoms with Crippen molar-refractivity contribution in [3.63, 3.8) is 0 Å². The average Bonchev–Trinajstić information content (AvgIpc) is 2.82. The molecular formula is C10H13N3O4. The first-order chi connectivity index (χ1) is 8.11. The van der Waals surface area contributed by atoms with Gasteiger partial charge in [0, 0.05) is 6.54 Å². The number of amides is 2. The summed E-state index contributed by atoms with van der Waals surface area (Å²) < 4.78 is 4.79. The van der Waals surface area contributed by atoms with Crippen LogP contribution in [0.5, 0.6) is 0 Å². The molecule has 2 heterocycles. The summed E-state index contributed by atoms with van der Waals surface area (Å²) in [6.07, 6.45) is 0. The molecule has 0 bridgehead atoms. The van der Waals surface area contributed by atoms with Crippen molar-refractivity contribution in [2.75, 3.05) is 13.2 Å². The number of hydrogen-bond acceptors (Lipinski definition) is 6. The molecule has 0 unspecified atom stereocenters. The molecule has 17 heavy (non-hydrogen) atoms. The number of fused-ring (bicyclic) bond motifs is 1. The number of hydrazone groups is 1. The van der Waals surface area contributed by atoms with E-state index < -0.39 is 17.9 Å². The van der Waals surface area contributed by atoms with Crippen molar-refractivity contribution in [2.24, 2.45) is 11.0 Å². The summed E-state index contributed by atoms with van der Waals surface area (Å²) in [5, 5.41) is 3.73. The van der Waals surface area contributed by atoms with E-state index in [1.807, 2.05) is 0 Å². The zero-order valence-corrected chi connectivity index (χ0v) is 9.60. The first-order valence-electron chi connectivity index (χ1n) is 5.47. The second-order valence-corrected chi connectivity index (χ2v) is 3.72. The number of nitrogens with one attached hydrogen (secondary N) is 1. The highest BCUT2D eigenvalue weighted by atomic mass is 16.5. The van der Waals surface area contributed by atoms with E-state index in [0.29, 0.717) is 6.54 Å². The number of hydrogen-bond donors (Lipinski definition) is 1. The van der Waals surface area contributed by atoms with E-state index in [9.17, 15) is 14.4 Å². The van der Waals surface area contributed by atoms with Gasteiger partial charge in [-0.2, -0.15) is 5.10 Å². The Hall–Kier alpha value is -1.92. The first kappa shape index (κ1) is 11.6. The summed E-state index contributed by atoms with van der Waals surface area (Å²) in [4.78, 5) is 36.4. The molecule has 2 aliphatic heterocycles. The predicted octanol–water partition coefficient (Wildman–Crippen LogP) is -1.12. The largest absolute Gasteiger partial charge is 0.461 e. The first-order valence-corrected chi connectivity index (χ1v) is 5.47. The van der Waals surface area contributed by atoms with Crippen LogP contribution >= 0.6 is 0 Å². The van der Waals surface area contributed by atoms with Crippen LogP contribution in [0.4, 0.5) is 0 Å². The standard InChI is InChI=1S/C10H13N3O4/c1-3-13-8(14)5-6(9(13)15)11-12-7(5)10(16)17-4-2/h5-6,11H,3-4H2,1-2H3/t5-,6+/m0/s1. The van der Waals surface area contributed by atoms with Crippen molar-refractivity contribution in [1.29, 1.82) is 0 Å². The van der Waals surface area contributed by atoms with Gasteiger partial charge in [-0.1, -0.05) is 0 Å². The molecule has 7 heteroatoms. The van der Waals surface area contributed by atoms with Crippen LogP contribution in [0.1, 0.15) is 13.8 Å². The van der Waals surface area contributed by atoms with Gasteiger partial charge in [0.15, 0.2) is 5.71 Å². The number of rotatable bonds is 3. The lowest BCUT2D eigenvalue weighted by molar-refractivity contribution is -0.140. The molecule has 0 aromatic carbocycles. The number of carbonyl (C=O) groups is 3. The summed E-state index contributed by atoms with van der Waals surface area (Å²) in [7, 11) is 0. The summed E-state index contributed by atoms with van der Waals surface area (Å²) >= 11 is 0. The number of esters is 1. The van der Waals surface area contributed by atoms with Crippen molar-refractivity contribution in [1.82, 2.24) is 10.3 Å². The smallest absolute Gasteiger partial charge is 0.355 e. The van der Waals surface area contributed by atoms with Crippen molar-refractivity contribution >= 4 is 23.5 Å². The number of ether oxygens (including phenoxy) is 1. The van der Waals surface area contributed by atoms with E-state index in [2.05, 4.69) is 10.5 Å². The van der Waals surface area contributed by atoms with Crippen LogP contribution in [0.2, 0.25) is 0 Å². The molecule has 7 nitrogen and oxygen atoms in total. The quantitative estimate of drug-likeness (QED) is 0.498. The van der Waals surface area contributed by atoms with Crippen molar-refractivity contribution in [3.05, 3.63) is 0 Å². The van der Waals surface area contributed by atoms with Crippen LogP contribution in [-0.4, -0.2) is 47.6 Å². The van der Waals surface area contributed by atoms with Crippen LogP contribution in [0, 0.1) is 5.92 Å². The number of imide groups is 1. The molecule has 0 aromatic rings. The molecule has 1 saturated heterocycles. The molecule has 2 amide bonds. The molecule has 92 valence electrons. The molecule has 0 radical (unpaired) electrons. The maximum absolute atomic E-state index is 11.9. The molecule has 0 aromatic heterocycles. The van der Waals surface area contributed by atoms with E-state index in [0.717, 1.165) is 4.90 Å². The molecule has 0 aliphatic carbocycles. The Kier molecular flexibility index (Phi) is 2.83. The highest BCUT2D eigenvalue weighted by Gasteiger charge is 2.54. The zero-order chi connectivity index (χ0) is 12.6. The van der Waals surface area contributed by atoms with Gasteiger partial charge < -0.3 is 4.74 Å². The summed E-state index contributed by atoms with van der Waals surface area (Å²) in [5.41, 5.74) is 2.52. The van der Waals surface area contributed by atoms with Gasteiger partial charge in [0.25, 0.3) is 5.91 Å². The lowest BCUT2D eigenvalue weighted by Gasteiger charge is -2.11. The van der Waals surface area contributed by atoms with E-state index in [1.165, 1.54) is 0 Å². The van der Waals surface area contributed by atoms with Crippen LogP contribution in [0.25, 0.3) is 0 Å². The van der Waals surface area contributed by atoms with Gasteiger partial charge >= 0.3 is 5.97 Å². The third-order valence-corrected chi connectivity index (χ3v) is 2.82. The monoisotopic (exact) mass is 239 g/mol. The van der Waals surface area contributed by atoms with Gasteiger partial charge in [-0.05, 0) is 13.8 Å². The minimum absolute atomic E-state index is 0.00819. The van der Waals surface area contributed by atoms with Crippen LogP contribution in [0.15, 0.2) is 5.10 Å². The van der Waals surface area contributed by atoms with Crippen molar-refractivity contribution < 1.29 is 19.1 Å². The number of nitrogens with zero attached hydrogens (tertiary/aromatic N) is 2. The van der Waals surface area contributed by atoms with Crippen LogP contribution in [-0.2, 0) is 19.1 Å². The zero-order valence-electron chi connectivity index (χ0n) is 9.60. The lowest BCUT2D eigenvalue weighted by atomic mass is 9.99. The second-order valence-electron chi connectivity index (χ2n) is 3.72. The Morgan fingerprint density at radius 1 is 1.41 bits per heavy atom. The minimum atomic E-state index is -0.832. The van der Waals surface area contributed by atoms with Gasteiger partial charge in [0.1, 0.15) is 12.0 Å². The Bertz CT molecular complexity index is 418. The maximum atomic E-state index is 11.9. The number of carbonyl (C=O) groups excluding carboxylic acids is 3. The highest BCUT2D eigenvalue weighted by molar-refractivity contribution is 6.43. The summed E-state index contributed by atoms with van der Waals surface area (Å²) in [6, 6.07) is -0.748. The van der Waals surface area contributed by atoms with Crippen LogP contribution < -0.4 is 5.43 Å². The second kappa shape index (κ2) is 4.15. The Morgan fingerprint density at radius 2 is 2.12 bits per heavy atom. The van der Waals surface area contributed by atoms with E-state index >= 15 is 0 Å². The van der Waals surface area contributed by atoms with Crippen LogP contribution in [0.3, 0.4) is 0 Å². The lowest BCUT2D eigenvalue weighted by Crippen LogP contribution is -2.36. The van der Waals surface area contributed by atoms with Gasteiger partial charge in [0.05, 0.1) is 6.61 Å². The molecular weight excluding hydrogens is 226 g/mol. The fraction of sp³-hybridized carbons (Fsp3) is 0.600. The number of likely N-dealkylation sites (tertiary alicyclic amines) is 1. The van der Waals surface area contributed by atoms with Crippen molar-refractivity contribution in [2.45, 2.75) is 19.9 Å². The molecule has 1 N–H and O–H groups in total. The average molecular weight is 239 g/mol. The number of likely N-dealkylation sites (N-methyl/N-ethyl adjacent to an activating group) is 1. The Morgan fingerprint density at radius 3 is 2.71 bits per heavy atom. The molecule has 2 rings (SSSR count). The fourth-order valence-electron chi connectivity index (χ4n) is 2.03. The van der Waals surface area contributed by atoms with E-state index in [4.69, 9.17) is 4.74 Å². The third-order valence-electron chi connectivity index (χ3n) is 2.82. The molecule has 0 spiro atoms. The normalized spacial score (nSPS) is 26.7. The van der Waals surface area contributed by atoms with Gasteiger partial charge in [-0.15, -0.1) is 0 Å².